The van der Waals surface area contributed by atoms with E-state index >= 15 is 4.39 Å². The largest absolute Gasteiger partial charge is 0.490 e. The van der Waals surface area contributed by atoms with Gasteiger partial charge < -0.3 is 14.2 Å². The van der Waals surface area contributed by atoms with Gasteiger partial charge in [-0.05, 0) is 64.0 Å². The summed E-state index contributed by atoms with van der Waals surface area (Å²) in [6.45, 7) is 2.60. The van der Waals surface area contributed by atoms with Crippen molar-refractivity contribution in [2.24, 2.45) is 0 Å². The van der Waals surface area contributed by atoms with Crippen LogP contribution in [0.4, 0.5) is 4.39 Å². The lowest BCUT2D eigenvalue weighted by Gasteiger charge is -2.12. The van der Waals surface area contributed by atoms with E-state index in [-0.39, 0.29) is 31.3 Å². The predicted octanol–water partition coefficient (Wildman–Crippen LogP) is 6.63. The number of halogens is 3. The molecular weight excluding hydrogens is 571 g/mol. The molecule has 0 atom stereocenters. The zero-order chi connectivity index (χ0) is 24.2. The highest BCUT2D eigenvalue weighted by molar-refractivity contribution is 9.11. The van der Waals surface area contributed by atoms with E-state index in [1.165, 1.54) is 11.8 Å². The maximum Gasteiger partial charge on any atom is 0.337 e. The minimum Gasteiger partial charge on any atom is -0.490 e. The lowest BCUT2D eigenvalue weighted by Crippen LogP contribution is -2.12. The van der Waals surface area contributed by atoms with E-state index in [0.717, 1.165) is 19.7 Å². The van der Waals surface area contributed by atoms with Gasteiger partial charge in [-0.2, -0.15) is 9.49 Å². The summed E-state index contributed by atoms with van der Waals surface area (Å²) < 4.78 is 34.7. The molecule has 4 rings (SSSR count). The van der Waals surface area contributed by atoms with Crippen molar-refractivity contribution in [2.45, 2.75) is 13.5 Å². The molecule has 0 fully saturated rings. The smallest absolute Gasteiger partial charge is 0.337 e. The van der Waals surface area contributed by atoms with E-state index in [4.69, 9.17) is 14.2 Å². The van der Waals surface area contributed by atoms with Gasteiger partial charge in [-0.15, -0.1) is 0 Å². The second-order valence-corrected chi connectivity index (χ2v) is 8.99. The first kappa shape index (κ1) is 24.2. The molecular formula is C25H21Br2FN2O4. The highest BCUT2D eigenvalue weighted by Gasteiger charge is 2.21. The summed E-state index contributed by atoms with van der Waals surface area (Å²) in [7, 11) is 1.31. The molecule has 176 valence electrons. The molecule has 6 nitrogen and oxygen atoms in total. The van der Waals surface area contributed by atoms with Crippen molar-refractivity contribution >= 4 is 48.6 Å². The van der Waals surface area contributed by atoms with Crippen LogP contribution in [0.25, 0.3) is 22.0 Å². The van der Waals surface area contributed by atoms with E-state index in [1.807, 2.05) is 30.3 Å². The maximum absolute atomic E-state index is 15.2. The first-order chi connectivity index (χ1) is 16.4. The second-order valence-electron chi connectivity index (χ2n) is 7.28. The van der Waals surface area contributed by atoms with Crippen LogP contribution in [-0.2, 0) is 11.3 Å². The number of aromatic nitrogens is 2. The molecule has 0 radical (unpaired) electrons. The van der Waals surface area contributed by atoms with Gasteiger partial charge in [0.25, 0.3) is 0 Å². The Morgan fingerprint density at radius 1 is 1.06 bits per heavy atom. The standard InChI is InChI=1S/C25H21Br2FN2O4/c1-3-33-24-22(28)23(15-4-6-16(7-5-15)25(31)32-2)29-30(24)12-13-34-20-11-8-17-14-18(26)9-10-19(17)21(20)27/h4-11,14H,3,12-13H2,1-2H3. The Bertz CT molecular complexity index is 1340. The molecule has 4 aromatic rings. The summed E-state index contributed by atoms with van der Waals surface area (Å²) >= 11 is 7.10. The van der Waals surface area contributed by atoms with Crippen LogP contribution in [0.15, 0.2) is 63.5 Å². The minimum atomic E-state index is -0.565. The molecule has 0 amide bonds. The molecule has 0 saturated carbocycles. The lowest BCUT2D eigenvalue weighted by molar-refractivity contribution is 0.0600. The van der Waals surface area contributed by atoms with Crippen molar-refractivity contribution in [1.82, 2.24) is 9.78 Å². The Labute approximate surface area is 212 Å². The predicted molar refractivity (Wildman–Crippen MR) is 135 cm³/mol. The zero-order valence-electron chi connectivity index (χ0n) is 18.5. The Balaban J connectivity index is 1.54. The van der Waals surface area contributed by atoms with E-state index in [2.05, 4.69) is 37.0 Å². The van der Waals surface area contributed by atoms with Crippen molar-refractivity contribution in [3.63, 3.8) is 0 Å². The molecule has 0 bridgehead atoms. The van der Waals surface area contributed by atoms with Crippen LogP contribution >= 0.6 is 31.9 Å². The normalized spacial score (nSPS) is 11.0. The highest BCUT2D eigenvalue weighted by Crippen LogP contribution is 2.35. The maximum atomic E-state index is 15.2. The monoisotopic (exact) mass is 590 g/mol. The first-order valence-corrected chi connectivity index (χ1v) is 12.1. The van der Waals surface area contributed by atoms with E-state index < -0.39 is 11.8 Å². The number of rotatable bonds is 8. The van der Waals surface area contributed by atoms with E-state index in [1.54, 1.807) is 31.2 Å². The van der Waals surface area contributed by atoms with Gasteiger partial charge >= 0.3 is 5.97 Å². The molecule has 1 heterocycles. The van der Waals surface area contributed by atoms with Crippen LogP contribution in [0.1, 0.15) is 17.3 Å². The molecule has 0 aliphatic heterocycles. The number of ether oxygens (including phenoxy) is 3. The van der Waals surface area contributed by atoms with Gasteiger partial charge in [-0.3, -0.25) is 0 Å². The number of carbonyl (C=O) groups is 1. The van der Waals surface area contributed by atoms with Gasteiger partial charge in [0.1, 0.15) is 18.1 Å². The Hall–Kier alpha value is -2.91. The number of fused-ring (bicyclic) bond motifs is 1. The van der Waals surface area contributed by atoms with Crippen LogP contribution in [0.2, 0.25) is 0 Å². The van der Waals surface area contributed by atoms with Crippen molar-refractivity contribution < 1.29 is 23.4 Å². The molecule has 0 saturated heterocycles. The molecule has 0 spiro atoms. The molecule has 0 aliphatic rings. The summed E-state index contributed by atoms with van der Waals surface area (Å²) in [5.41, 5.74) is 1.03. The number of hydrogen-bond donors (Lipinski definition) is 0. The van der Waals surface area contributed by atoms with Gasteiger partial charge in [-0.25, -0.2) is 9.48 Å². The number of carbonyl (C=O) groups excluding carboxylic acids is 1. The highest BCUT2D eigenvalue weighted by atomic mass is 79.9. The van der Waals surface area contributed by atoms with Crippen molar-refractivity contribution in [3.8, 4) is 22.9 Å². The second kappa shape index (κ2) is 10.6. The Morgan fingerprint density at radius 3 is 2.53 bits per heavy atom. The van der Waals surface area contributed by atoms with Crippen molar-refractivity contribution in [2.75, 3.05) is 20.3 Å². The van der Waals surface area contributed by atoms with Crippen molar-refractivity contribution in [3.05, 3.63) is 74.9 Å². The molecule has 0 unspecified atom stereocenters. The third-order valence-corrected chi connectivity index (χ3v) is 6.46. The van der Waals surface area contributed by atoms with Gasteiger partial charge in [-0.1, -0.05) is 40.2 Å². The molecule has 34 heavy (non-hydrogen) atoms. The van der Waals surface area contributed by atoms with Gasteiger partial charge in [0.2, 0.25) is 11.7 Å². The summed E-state index contributed by atoms with van der Waals surface area (Å²) in [5, 5.41) is 6.51. The lowest BCUT2D eigenvalue weighted by atomic mass is 10.1. The molecule has 3 aromatic carbocycles. The van der Waals surface area contributed by atoms with Crippen LogP contribution in [0.5, 0.6) is 11.6 Å². The number of methoxy groups -OCH3 is 1. The Kier molecular flexibility index (Phi) is 7.53. The van der Waals surface area contributed by atoms with Crippen LogP contribution < -0.4 is 9.47 Å². The molecule has 0 aliphatic carbocycles. The zero-order valence-corrected chi connectivity index (χ0v) is 21.7. The number of benzene rings is 3. The number of hydrogen-bond acceptors (Lipinski definition) is 5. The summed E-state index contributed by atoms with van der Waals surface area (Å²) in [5.74, 6) is -0.304. The Morgan fingerprint density at radius 2 is 1.82 bits per heavy atom. The average Bonchev–Trinajstić information content (AvgIpc) is 3.15. The first-order valence-electron chi connectivity index (χ1n) is 10.5. The third kappa shape index (κ3) is 4.95. The van der Waals surface area contributed by atoms with Gasteiger partial charge in [0.05, 0.1) is 30.3 Å². The van der Waals surface area contributed by atoms with Crippen LogP contribution in [-0.4, -0.2) is 36.1 Å². The molecule has 0 N–H and O–H groups in total. The van der Waals surface area contributed by atoms with E-state index in [9.17, 15) is 4.79 Å². The number of nitrogens with zero attached hydrogens (tertiary/aromatic N) is 2. The fraction of sp³-hybridized carbons (Fsp3) is 0.200. The SMILES string of the molecule is CCOc1c(F)c(-c2ccc(C(=O)OC)cc2)nn1CCOc1ccc2cc(Br)ccc2c1Br. The summed E-state index contributed by atoms with van der Waals surface area (Å²) in [4.78, 5) is 11.7. The van der Waals surface area contributed by atoms with E-state index in [0.29, 0.717) is 16.9 Å². The number of esters is 1. The molecule has 9 heteroatoms. The van der Waals surface area contributed by atoms with Gasteiger partial charge in [0.15, 0.2) is 0 Å². The van der Waals surface area contributed by atoms with Crippen LogP contribution in [0, 0.1) is 5.82 Å². The molecule has 1 aromatic heterocycles. The topological polar surface area (TPSA) is 62.6 Å². The third-order valence-electron chi connectivity index (χ3n) is 5.15. The fourth-order valence-corrected chi connectivity index (χ4v) is 4.50. The fourth-order valence-electron chi connectivity index (χ4n) is 3.51. The van der Waals surface area contributed by atoms with Crippen LogP contribution in [0.3, 0.4) is 0 Å². The summed E-state index contributed by atoms with van der Waals surface area (Å²) in [6, 6.07) is 16.3. The summed E-state index contributed by atoms with van der Waals surface area (Å²) in [6.07, 6.45) is 0. The average molecular weight is 592 g/mol. The van der Waals surface area contributed by atoms with Gasteiger partial charge in [0, 0.05) is 10.0 Å². The van der Waals surface area contributed by atoms with Crippen molar-refractivity contribution in [1.29, 1.82) is 0 Å². The quantitative estimate of drug-likeness (QED) is 0.215. The minimum absolute atomic E-state index is 0.0422.